The number of carbonyl (C=O) groups is 1. The highest BCUT2D eigenvalue weighted by Crippen LogP contribution is 2.21. The summed E-state index contributed by atoms with van der Waals surface area (Å²) in [4.78, 5) is 14.0. The number of hydrogen-bond donors (Lipinski definition) is 0. The van der Waals surface area contributed by atoms with E-state index in [1.165, 1.54) is 5.56 Å². The van der Waals surface area contributed by atoms with Crippen LogP contribution in [0.25, 0.3) is 0 Å². The van der Waals surface area contributed by atoms with Gasteiger partial charge in [0.25, 0.3) is 0 Å². The van der Waals surface area contributed by atoms with Crippen LogP contribution in [0.1, 0.15) is 31.7 Å². The molecule has 1 saturated heterocycles. The number of halogens is 1. The van der Waals surface area contributed by atoms with Crippen LogP contribution >= 0.6 is 11.6 Å². The van der Waals surface area contributed by atoms with Gasteiger partial charge in [0, 0.05) is 23.9 Å². The average molecular weight is 266 g/mol. The lowest BCUT2D eigenvalue weighted by molar-refractivity contribution is -0.124. The fourth-order valence-electron chi connectivity index (χ4n) is 2.60. The molecule has 2 rings (SSSR count). The molecule has 1 heterocycles. The third-order valence-electron chi connectivity index (χ3n) is 3.69. The van der Waals surface area contributed by atoms with Crippen molar-refractivity contribution in [1.82, 2.24) is 4.90 Å². The molecule has 0 amide bonds. The fraction of sp³-hybridized carbons (Fsp3) is 0.533. The predicted octanol–water partition coefficient (Wildman–Crippen LogP) is 3.53. The molecule has 1 aromatic rings. The number of rotatable bonds is 4. The number of piperidine rings is 1. The first-order valence-electron chi connectivity index (χ1n) is 6.68. The first-order valence-corrected chi connectivity index (χ1v) is 7.06. The molecule has 0 atom stereocenters. The lowest BCUT2D eigenvalue weighted by Crippen LogP contribution is -2.35. The van der Waals surface area contributed by atoms with Gasteiger partial charge in [0.15, 0.2) is 0 Å². The summed E-state index contributed by atoms with van der Waals surface area (Å²) in [5.41, 5.74) is 1.25. The van der Waals surface area contributed by atoms with Gasteiger partial charge in [-0.15, -0.1) is 0 Å². The van der Waals surface area contributed by atoms with Crippen LogP contribution in [0.2, 0.25) is 5.02 Å². The molecule has 0 aliphatic carbocycles. The van der Waals surface area contributed by atoms with Crippen LogP contribution in [0.4, 0.5) is 0 Å². The van der Waals surface area contributed by atoms with Gasteiger partial charge in [0.05, 0.1) is 0 Å². The highest BCUT2D eigenvalue weighted by molar-refractivity contribution is 6.30. The number of ketones is 1. The quantitative estimate of drug-likeness (QED) is 0.830. The number of nitrogens with zero attached hydrogens (tertiary/aromatic N) is 1. The Hall–Kier alpha value is -0.860. The second kappa shape index (κ2) is 6.35. The van der Waals surface area contributed by atoms with E-state index in [2.05, 4.69) is 11.0 Å². The summed E-state index contributed by atoms with van der Waals surface area (Å²) in [6.07, 6.45) is 2.69. The summed E-state index contributed by atoms with van der Waals surface area (Å²) in [6.45, 7) is 4.93. The lowest BCUT2D eigenvalue weighted by Gasteiger charge is -2.31. The number of carbonyl (C=O) groups excluding carboxylic acids is 1. The number of hydrogen-bond acceptors (Lipinski definition) is 2. The van der Waals surface area contributed by atoms with Crippen molar-refractivity contribution in [3.8, 4) is 0 Å². The molecule has 2 nitrogen and oxygen atoms in total. The fourth-order valence-corrected chi connectivity index (χ4v) is 2.81. The second-order valence-corrected chi connectivity index (χ2v) is 5.44. The Morgan fingerprint density at radius 2 is 2.11 bits per heavy atom. The summed E-state index contributed by atoms with van der Waals surface area (Å²) < 4.78 is 0. The Morgan fingerprint density at radius 1 is 1.39 bits per heavy atom. The summed E-state index contributed by atoms with van der Waals surface area (Å²) in [5, 5.41) is 0.795. The van der Waals surface area contributed by atoms with Gasteiger partial charge in [-0.2, -0.15) is 0 Å². The molecule has 1 aliphatic rings. The van der Waals surface area contributed by atoms with E-state index in [1.54, 1.807) is 0 Å². The molecule has 0 unspecified atom stereocenters. The van der Waals surface area contributed by atoms with Crippen molar-refractivity contribution in [2.24, 2.45) is 5.92 Å². The van der Waals surface area contributed by atoms with E-state index in [9.17, 15) is 4.79 Å². The van der Waals surface area contributed by atoms with E-state index in [0.29, 0.717) is 18.1 Å². The van der Waals surface area contributed by atoms with E-state index < -0.39 is 0 Å². The van der Waals surface area contributed by atoms with E-state index in [0.717, 1.165) is 37.5 Å². The van der Waals surface area contributed by atoms with Gasteiger partial charge >= 0.3 is 0 Å². The van der Waals surface area contributed by atoms with Crippen molar-refractivity contribution in [3.05, 3.63) is 34.9 Å². The van der Waals surface area contributed by atoms with E-state index in [1.807, 2.05) is 25.1 Å². The Balaban J connectivity index is 1.85. The zero-order valence-electron chi connectivity index (χ0n) is 10.9. The molecule has 0 bridgehead atoms. The van der Waals surface area contributed by atoms with Gasteiger partial charge in [0.1, 0.15) is 5.78 Å². The maximum absolute atomic E-state index is 11.6. The number of benzene rings is 1. The van der Waals surface area contributed by atoms with Crippen LogP contribution in [0.5, 0.6) is 0 Å². The molecule has 1 fully saturated rings. The average Bonchev–Trinajstić information content (AvgIpc) is 2.39. The first kappa shape index (κ1) is 13.6. The number of likely N-dealkylation sites (tertiary alicyclic amines) is 1. The van der Waals surface area contributed by atoms with Crippen LogP contribution in [0, 0.1) is 5.92 Å². The van der Waals surface area contributed by atoms with Gasteiger partial charge in [-0.1, -0.05) is 30.7 Å². The molecule has 0 N–H and O–H groups in total. The second-order valence-electron chi connectivity index (χ2n) is 5.00. The Morgan fingerprint density at radius 3 is 2.72 bits per heavy atom. The van der Waals surface area contributed by atoms with Crippen LogP contribution < -0.4 is 0 Å². The van der Waals surface area contributed by atoms with Crippen molar-refractivity contribution in [2.45, 2.75) is 32.7 Å². The van der Waals surface area contributed by atoms with Crippen molar-refractivity contribution in [3.63, 3.8) is 0 Å². The monoisotopic (exact) mass is 265 g/mol. The summed E-state index contributed by atoms with van der Waals surface area (Å²) in [5.74, 6) is 0.725. The van der Waals surface area contributed by atoms with Crippen molar-refractivity contribution < 1.29 is 4.79 Å². The van der Waals surface area contributed by atoms with E-state index in [-0.39, 0.29) is 0 Å². The minimum Gasteiger partial charge on any atom is -0.299 e. The predicted molar refractivity (Wildman–Crippen MR) is 74.8 cm³/mol. The lowest BCUT2D eigenvalue weighted by atomic mass is 9.91. The molecular formula is C15H20ClNO. The third-order valence-corrected chi connectivity index (χ3v) is 3.92. The largest absolute Gasteiger partial charge is 0.299 e. The Labute approximate surface area is 114 Å². The molecule has 0 radical (unpaired) electrons. The van der Waals surface area contributed by atoms with Crippen molar-refractivity contribution in [2.75, 3.05) is 13.1 Å². The van der Waals surface area contributed by atoms with E-state index >= 15 is 0 Å². The maximum Gasteiger partial charge on any atom is 0.135 e. The maximum atomic E-state index is 11.6. The summed E-state index contributed by atoms with van der Waals surface area (Å²) in [6, 6.07) is 8.02. The molecule has 18 heavy (non-hydrogen) atoms. The van der Waals surface area contributed by atoms with Crippen molar-refractivity contribution >= 4 is 17.4 Å². The van der Waals surface area contributed by atoms with Gasteiger partial charge in [-0.25, -0.2) is 0 Å². The molecule has 0 spiro atoms. The Kier molecular flexibility index (Phi) is 4.79. The molecule has 1 aromatic carbocycles. The first-order chi connectivity index (χ1) is 8.69. The molecule has 3 heteroatoms. The Bertz CT molecular complexity index is 411. The third kappa shape index (κ3) is 3.56. The summed E-state index contributed by atoms with van der Waals surface area (Å²) >= 11 is 5.98. The molecule has 0 saturated carbocycles. The molecule has 1 aliphatic heterocycles. The highest BCUT2D eigenvalue weighted by Gasteiger charge is 2.23. The van der Waals surface area contributed by atoms with Gasteiger partial charge in [-0.05, 0) is 43.6 Å². The van der Waals surface area contributed by atoms with Gasteiger partial charge < -0.3 is 0 Å². The number of Topliss-reactive ketones (excluding diaryl/α,β-unsaturated/α-hetero) is 1. The van der Waals surface area contributed by atoms with Crippen LogP contribution in [-0.2, 0) is 11.3 Å². The van der Waals surface area contributed by atoms with Crippen LogP contribution in [0.15, 0.2) is 24.3 Å². The SMILES string of the molecule is CCC(=O)C1CCN(Cc2cccc(Cl)c2)CC1. The summed E-state index contributed by atoms with van der Waals surface area (Å²) in [7, 11) is 0. The molecule has 0 aromatic heterocycles. The standard InChI is InChI=1S/C15H20ClNO/c1-2-15(18)13-6-8-17(9-7-13)11-12-4-3-5-14(16)10-12/h3-5,10,13H,2,6-9,11H2,1H3. The smallest absolute Gasteiger partial charge is 0.135 e. The normalized spacial score (nSPS) is 17.9. The minimum atomic E-state index is 0.297. The topological polar surface area (TPSA) is 20.3 Å². The molecule has 98 valence electrons. The highest BCUT2D eigenvalue weighted by atomic mass is 35.5. The van der Waals surface area contributed by atoms with Crippen molar-refractivity contribution in [1.29, 1.82) is 0 Å². The zero-order valence-corrected chi connectivity index (χ0v) is 11.6. The zero-order chi connectivity index (χ0) is 13.0. The van der Waals surface area contributed by atoms with Crippen LogP contribution in [0.3, 0.4) is 0 Å². The van der Waals surface area contributed by atoms with Gasteiger partial charge in [0.2, 0.25) is 0 Å². The van der Waals surface area contributed by atoms with E-state index in [4.69, 9.17) is 11.6 Å². The van der Waals surface area contributed by atoms with Crippen LogP contribution in [-0.4, -0.2) is 23.8 Å². The minimum absolute atomic E-state index is 0.297. The molecular weight excluding hydrogens is 246 g/mol. The van der Waals surface area contributed by atoms with Gasteiger partial charge in [-0.3, -0.25) is 9.69 Å².